The largest absolute Gasteiger partial charge is 0.317 e. The van der Waals surface area contributed by atoms with Gasteiger partial charge in [-0.05, 0) is 32.9 Å². The molecule has 1 nitrogen and oxygen atoms in total. The summed E-state index contributed by atoms with van der Waals surface area (Å²) in [6.45, 7) is 6.39. The van der Waals surface area contributed by atoms with E-state index in [0.717, 1.165) is 32.4 Å². The van der Waals surface area contributed by atoms with Crippen molar-refractivity contribution in [3.8, 4) is 12.3 Å². The van der Waals surface area contributed by atoms with E-state index in [4.69, 9.17) is 6.42 Å². The van der Waals surface area contributed by atoms with Gasteiger partial charge in [-0.2, -0.15) is 0 Å². The Morgan fingerprint density at radius 2 is 2.33 bits per heavy atom. The predicted octanol–water partition coefficient (Wildman–Crippen LogP) is 2.35. The standard InChI is InChI=1S/C11H19N/c1-4-6-8-11(3)9-7-10-12-5-2/h1,9,12H,5-8,10H2,2-3H3. The number of rotatable bonds is 6. The van der Waals surface area contributed by atoms with Crippen LogP contribution in [0.2, 0.25) is 0 Å². The molecule has 0 radical (unpaired) electrons. The lowest BCUT2D eigenvalue weighted by Crippen LogP contribution is -2.13. The van der Waals surface area contributed by atoms with Crippen molar-refractivity contribution >= 4 is 0 Å². The summed E-state index contributed by atoms with van der Waals surface area (Å²) in [5.41, 5.74) is 1.41. The highest BCUT2D eigenvalue weighted by atomic mass is 14.8. The zero-order valence-corrected chi connectivity index (χ0v) is 8.19. The molecule has 1 heteroatoms. The molecule has 0 unspecified atom stereocenters. The second kappa shape index (κ2) is 8.36. The first-order valence-corrected chi connectivity index (χ1v) is 4.61. The summed E-state index contributed by atoms with van der Waals surface area (Å²) >= 11 is 0. The Morgan fingerprint density at radius 1 is 1.58 bits per heavy atom. The molecule has 0 aliphatic heterocycles. The van der Waals surface area contributed by atoms with E-state index in [-0.39, 0.29) is 0 Å². The van der Waals surface area contributed by atoms with Gasteiger partial charge < -0.3 is 5.32 Å². The maximum Gasteiger partial charge on any atom is 0.0123 e. The van der Waals surface area contributed by atoms with Gasteiger partial charge in [-0.25, -0.2) is 0 Å². The summed E-state index contributed by atoms with van der Waals surface area (Å²) < 4.78 is 0. The van der Waals surface area contributed by atoms with Gasteiger partial charge in [-0.15, -0.1) is 12.3 Å². The van der Waals surface area contributed by atoms with Crippen LogP contribution in [-0.2, 0) is 0 Å². The van der Waals surface area contributed by atoms with Gasteiger partial charge in [-0.3, -0.25) is 0 Å². The molecule has 0 saturated carbocycles. The zero-order valence-electron chi connectivity index (χ0n) is 8.19. The van der Waals surface area contributed by atoms with Crippen LogP contribution in [0.15, 0.2) is 11.6 Å². The highest BCUT2D eigenvalue weighted by molar-refractivity contribution is 5.01. The number of nitrogens with one attached hydrogen (secondary N) is 1. The highest BCUT2D eigenvalue weighted by Crippen LogP contribution is 2.03. The molecule has 0 bridgehead atoms. The van der Waals surface area contributed by atoms with Crippen molar-refractivity contribution in [3.63, 3.8) is 0 Å². The van der Waals surface area contributed by atoms with Gasteiger partial charge in [0.25, 0.3) is 0 Å². The van der Waals surface area contributed by atoms with Gasteiger partial charge in [-0.1, -0.05) is 18.6 Å². The molecule has 0 amide bonds. The summed E-state index contributed by atoms with van der Waals surface area (Å²) in [4.78, 5) is 0. The van der Waals surface area contributed by atoms with Gasteiger partial charge in [0.15, 0.2) is 0 Å². The predicted molar refractivity (Wildman–Crippen MR) is 55.0 cm³/mol. The number of allylic oxidation sites excluding steroid dienone is 1. The average Bonchev–Trinajstić information content (AvgIpc) is 2.09. The number of hydrogen-bond donors (Lipinski definition) is 1. The molecule has 0 spiro atoms. The molecular formula is C11H19N. The van der Waals surface area contributed by atoms with Crippen molar-refractivity contribution in [2.75, 3.05) is 13.1 Å². The molecule has 0 rings (SSSR count). The summed E-state index contributed by atoms with van der Waals surface area (Å²) in [5.74, 6) is 2.64. The van der Waals surface area contributed by atoms with E-state index in [9.17, 15) is 0 Å². The van der Waals surface area contributed by atoms with Crippen LogP contribution in [0.25, 0.3) is 0 Å². The Labute approximate surface area is 76.2 Å². The molecule has 1 N–H and O–H groups in total. The molecule has 0 heterocycles. The van der Waals surface area contributed by atoms with Gasteiger partial charge in [0, 0.05) is 6.42 Å². The van der Waals surface area contributed by atoms with Gasteiger partial charge >= 0.3 is 0 Å². The van der Waals surface area contributed by atoms with Crippen molar-refractivity contribution in [3.05, 3.63) is 11.6 Å². The zero-order chi connectivity index (χ0) is 9.23. The van der Waals surface area contributed by atoms with Crippen LogP contribution in [0.5, 0.6) is 0 Å². The number of terminal acetylenes is 1. The lowest BCUT2D eigenvalue weighted by molar-refractivity contribution is 0.723. The van der Waals surface area contributed by atoms with Crippen molar-refractivity contribution in [1.82, 2.24) is 5.32 Å². The Balaban J connectivity index is 3.36. The third-order valence-electron chi connectivity index (χ3n) is 1.73. The van der Waals surface area contributed by atoms with Gasteiger partial charge in [0.2, 0.25) is 0 Å². The number of hydrogen-bond acceptors (Lipinski definition) is 1. The minimum absolute atomic E-state index is 0.865. The van der Waals surface area contributed by atoms with Crippen LogP contribution >= 0.6 is 0 Å². The molecule has 0 aromatic heterocycles. The third kappa shape index (κ3) is 7.37. The first kappa shape index (κ1) is 11.3. The minimum Gasteiger partial charge on any atom is -0.317 e. The van der Waals surface area contributed by atoms with E-state index < -0.39 is 0 Å². The SMILES string of the molecule is C#CCCC(C)=CCCNCC. The van der Waals surface area contributed by atoms with Crippen molar-refractivity contribution in [2.45, 2.75) is 33.1 Å². The maximum absolute atomic E-state index is 5.16. The summed E-state index contributed by atoms with van der Waals surface area (Å²) in [6.07, 6.45) is 10.5. The molecule has 68 valence electrons. The van der Waals surface area contributed by atoms with Crippen molar-refractivity contribution in [1.29, 1.82) is 0 Å². The lowest BCUT2D eigenvalue weighted by Gasteiger charge is -1.99. The first-order valence-electron chi connectivity index (χ1n) is 4.61. The molecule has 0 fully saturated rings. The fraction of sp³-hybridized carbons (Fsp3) is 0.636. The van der Waals surface area contributed by atoms with E-state index >= 15 is 0 Å². The Morgan fingerprint density at radius 3 is 2.92 bits per heavy atom. The van der Waals surface area contributed by atoms with Crippen LogP contribution in [-0.4, -0.2) is 13.1 Å². The molecule has 0 aliphatic rings. The van der Waals surface area contributed by atoms with E-state index in [1.807, 2.05) is 0 Å². The van der Waals surface area contributed by atoms with Crippen LogP contribution in [0.1, 0.15) is 33.1 Å². The smallest absolute Gasteiger partial charge is 0.0123 e. The molecule has 0 saturated heterocycles. The van der Waals surface area contributed by atoms with E-state index in [1.54, 1.807) is 0 Å². The quantitative estimate of drug-likeness (QED) is 0.362. The van der Waals surface area contributed by atoms with Crippen LogP contribution < -0.4 is 5.32 Å². The monoisotopic (exact) mass is 165 g/mol. The van der Waals surface area contributed by atoms with E-state index in [2.05, 4.69) is 31.2 Å². The lowest BCUT2D eigenvalue weighted by atomic mass is 10.1. The third-order valence-corrected chi connectivity index (χ3v) is 1.73. The summed E-state index contributed by atoms with van der Waals surface area (Å²) in [6, 6.07) is 0. The second-order valence-electron chi connectivity index (χ2n) is 2.90. The first-order chi connectivity index (χ1) is 5.81. The fourth-order valence-electron chi connectivity index (χ4n) is 0.969. The Bertz CT molecular complexity index is 162. The second-order valence-corrected chi connectivity index (χ2v) is 2.90. The van der Waals surface area contributed by atoms with Crippen LogP contribution in [0, 0.1) is 12.3 Å². The summed E-state index contributed by atoms with van der Waals surface area (Å²) in [7, 11) is 0. The molecular weight excluding hydrogens is 146 g/mol. The molecule has 0 atom stereocenters. The van der Waals surface area contributed by atoms with E-state index in [1.165, 1.54) is 5.57 Å². The summed E-state index contributed by atoms with van der Waals surface area (Å²) in [5, 5.41) is 3.27. The fourth-order valence-corrected chi connectivity index (χ4v) is 0.969. The average molecular weight is 165 g/mol. The van der Waals surface area contributed by atoms with Gasteiger partial charge in [0.05, 0.1) is 0 Å². The minimum atomic E-state index is 0.865. The molecule has 0 aromatic rings. The topological polar surface area (TPSA) is 12.0 Å². The maximum atomic E-state index is 5.16. The molecule has 0 aromatic carbocycles. The van der Waals surface area contributed by atoms with Crippen LogP contribution in [0.4, 0.5) is 0 Å². The van der Waals surface area contributed by atoms with Crippen molar-refractivity contribution < 1.29 is 0 Å². The van der Waals surface area contributed by atoms with Crippen molar-refractivity contribution in [2.24, 2.45) is 0 Å². The highest BCUT2D eigenvalue weighted by Gasteiger charge is 1.87. The normalized spacial score (nSPS) is 11.2. The van der Waals surface area contributed by atoms with Crippen LogP contribution in [0.3, 0.4) is 0 Å². The Hall–Kier alpha value is -0.740. The van der Waals surface area contributed by atoms with Gasteiger partial charge in [0.1, 0.15) is 0 Å². The Kier molecular flexibility index (Phi) is 7.84. The van der Waals surface area contributed by atoms with E-state index in [0.29, 0.717) is 0 Å². The molecule has 0 aliphatic carbocycles. The molecule has 12 heavy (non-hydrogen) atoms.